The molecule has 0 saturated carbocycles. The van der Waals surface area contributed by atoms with Gasteiger partial charge in [0.2, 0.25) is 5.91 Å². The second-order valence-corrected chi connectivity index (χ2v) is 6.38. The molecule has 25 heavy (non-hydrogen) atoms. The molecular formula is C18H15F2N3OS. The Morgan fingerprint density at radius 3 is 2.84 bits per heavy atom. The molecule has 2 aromatic heterocycles. The molecule has 0 aliphatic carbocycles. The summed E-state index contributed by atoms with van der Waals surface area (Å²) in [5, 5.41) is 5.38. The fraction of sp³-hybridized carbons (Fsp3) is 0.167. The van der Waals surface area contributed by atoms with Crippen LogP contribution in [0.3, 0.4) is 0 Å². The van der Waals surface area contributed by atoms with Gasteiger partial charge < -0.3 is 5.32 Å². The Kier molecular flexibility index (Phi) is 5.14. The van der Waals surface area contributed by atoms with Crippen LogP contribution in [0.15, 0.2) is 48.1 Å². The Morgan fingerprint density at radius 2 is 2.12 bits per heavy atom. The zero-order chi connectivity index (χ0) is 17.8. The second-order valence-electron chi connectivity index (χ2n) is 5.53. The maximum Gasteiger partial charge on any atom is 0.226 e. The van der Waals surface area contributed by atoms with E-state index >= 15 is 0 Å². The van der Waals surface area contributed by atoms with Crippen molar-refractivity contribution in [2.24, 2.45) is 0 Å². The molecule has 3 rings (SSSR count). The number of benzene rings is 1. The van der Waals surface area contributed by atoms with E-state index in [9.17, 15) is 13.6 Å². The largest absolute Gasteiger partial charge is 0.349 e. The van der Waals surface area contributed by atoms with Crippen molar-refractivity contribution in [1.82, 2.24) is 15.3 Å². The first-order valence-electron chi connectivity index (χ1n) is 7.62. The second kappa shape index (κ2) is 7.48. The minimum atomic E-state index is -0.931. The molecule has 0 bridgehead atoms. The minimum absolute atomic E-state index is 0.116. The molecule has 1 N–H and O–H groups in total. The Morgan fingerprint density at radius 1 is 1.28 bits per heavy atom. The van der Waals surface area contributed by atoms with Gasteiger partial charge in [-0.3, -0.25) is 9.78 Å². The van der Waals surface area contributed by atoms with Crippen LogP contribution >= 0.6 is 11.3 Å². The lowest BCUT2D eigenvalue weighted by Gasteiger charge is -2.14. The first-order valence-corrected chi connectivity index (χ1v) is 8.50. The summed E-state index contributed by atoms with van der Waals surface area (Å²) in [4.78, 5) is 20.6. The maximum absolute atomic E-state index is 13.3. The highest BCUT2D eigenvalue weighted by Crippen LogP contribution is 2.23. The monoisotopic (exact) mass is 359 g/mol. The molecule has 0 aliphatic rings. The van der Waals surface area contributed by atoms with Gasteiger partial charge in [0.15, 0.2) is 11.6 Å². The van der Waals surface area contributed by atoms with E-state index in [1.165, 1.54) is 17.4 Å². The molecule has 4 nitrogen and oxygen atoms in total. The van der Waals surface area contributed by atoms with Gasteiger partial charge in [0.05, 0.1) is 18.2 Å². The molecule has 2 heterocycles. The van der Waals surface area contributed by atoms with Gasteiger partial charge in [-0.05, 0) is 36.8 Å². The predicted octanol–water partition coefficient (Wildman–Crippen LogP) is 3.90. The molecule has 0 radical (unpaired) electrons. The number of amides is 1. The lowest BCUT2D eigenvalue weighted by Crippen LogP contribution is -2.28. The van der Waals surface area contributed by atoms with E-state index in [1.54, 1.807) is 19.3 Å². The van der Waals surface area contributed by atoms with Gasteiger partial charge in [-0.25, -0.2) is 13.8 Å². The lowest BCUT2D eigenvalue weighted by atomic mass is 10.1. The van der Waals surface area contributed by atoms with Crippen molar-refractivity contribution in [3.63, 3.8) is 0 Å². The number of carbonyl (C=O) groups excluding carboxylic acids is 1. The fourth-order valence-corrected chi connectivity index (χ4v) is 3.14. The first kappa shape index (κ1) is 17.2. The summed E-state index contributed by atoms with van der Waals surface area (Å²) >= 11 is 1.44. The van der Waals surface area contributed by atoms with Gasteiger partial charge in [-0.2, -0.15) is 0 Å². The molecule has 1 atom stereocenters. The quantitative estimate of drug-likeness (QED) is 0.752. The van der Waals surface area contributed by atoms with Gasteiger partial charge in [-0.15, -0.1) is 11.3 Å². The molecular weight excluding hydrogens is 344 g/mol. The third-order valence-electron chi connectivity index (χ3n) is 3.62. The van der Waals surface area contributed by atoms with E-state index in [2.05, 4.69) is 15.3 Å². The van der Waals surface area contributed by atoms with Crippen molar-refractivity contribution in [1.29, 1.82) is 0 Å². The topological polar surface area (TPSA) is 54.9 Å². The number of nitrogens with zero attached hydrogens (tertiary/aromatic N) is 2. The molecule has 1 amide bonds. The average molecular weight is 359 g/mol. The first-order chi connectivity index (χ1) is 12.0. The Balaban J connectivity index is 1.62. The van der Waals surface area contributed by atoms with Gasteiger partial charge in [0.25, 0.3) is 0 Å². The van der Waals surface area contributed by atoms with Crippen LogP contribution in [0.5, 0.6) is 0 Å². The summed E-state index contributed by atoms with van der Waals surface area (Å²) in [5.74, 6) is -2.08. The minimum Gasteiger partial charge on any atom is -0.349 e. The van der Waals surface area contributed by atoms with E-state index in [4.69, 9.17) is 0 Å². The fourth-order valence-electron chi connectivity index (χ4n) is 2.33. The number of thiazole rings is 1. The molecule has 0 aliphatic heterocycles. The summed E-state index contributed by atoms with van der Waals surface area (Å²) in [6, 6.07) is 6.89. The van der Waals surface area contributed by atoms with E-state index < -0.39 is 17.7 Å². The SMILES string of the molecule is CC(NC(=O)Cc1csc(-c2cccnc2)n1)c1ccc(F)c(F)c1. The molecule has 1 unspecified atom stereocenters. The smallest absolute Gasteiger partial charge is 0.226 e. The molecule has 0 spiro atoms. The highest BCUT2D eigenvalue weighted by atomic mass is 32.1. The predicted molar refractivity (Wildman–Crippen MR) is 92.0 cm³/mol. The summed E-state index contributed by atoms with van der Waals surface area (Å²) in [6.45, 7) is 1.71. The van der Waals surface area contributed by atoms with Crippen LogP contribution in [0.2, 0.25) is 0 Å². The van der Waals surface area contributed by atoms with Crippen LogP contribution < -0.4 is 5.32 Å². The van der Waals surface area contributed by atoms with E-state index in [1.807, 2.05) is 17.5 Å². The van der Waals surface area contributed by atoms with Crippen LogP contribution in [-0.4, -0.2) is 15.9 Å². The zero-order valence-corrected chi connectivity index (χ0v) is 14.2. The number of hydrogen-bond donors (Lipinski definition) is 1. The average Bonchev–Trinajstić information content (AvgIpc) is 3.06. The molecule has 3 aromatic rings. The summed E-state index contributed by atoms with van der Waals surface area (Å²) in [5.41, 5.74) is 2.05. The van der Waals surface area contributed by atoms with Crippen molar-refractivity contribution in [3.05, 3.63) is 71.0 Å². The molecule has 128 valence electrons. The number of hydrogen-bond acceptors (Lipinski definition) is 4. The Bertz CT molecular complexity index is 883. The van der Waals surface area contributed by atoms with Gasteiger partial charge >= 0.3 is 0 Å². The molecule has 0 saturated heterocycles. The Hall–Kier alpha value is -2.67. The van der Waals surface area contributed by atoms with Crippen molar-refractivity contribution in [2.45, 2.75) is 19.4 Å². The summed E-state index contributed by atoms with van der Waals surface area (Å²) in [6.07, 6.45) is 3.52. The van der Waals surface area contributed by atoms with Crippen LogP contribution in [0, 0.1) is 11.6 Å². The third kappa shape index (κ3) is 4.24. The highest BCUT2D eigenvalue weighted by molar-refractivity contribution is 7.13. The normalized spacial score (nSPS) is 12.0. The number of aromatic nitrogens is 2. The summed E-state index contributed by atoms with van der Waals surface area (Å²) < 4.78 is 26.3. The number of nitrogens with one attached hydrogen (secondary N) is 1. The standard InChI is InChI=1S/C18H15F2N3OS/c1-11(12-4-5-15(19)16(20)7-12)22-17(24)8-14-10-25-18(23-14)13-3-2-6-21-9-13/h2-7,9-11H,8H2,1H3,(H,22,24). The van der Waals surface area contributed by atoms with Gasteiger partial charge in [-0.1, -0.05) is 6.07 Å². The van der Waals surface area contributed by atoms with Crippen molar-refractivity contribution >= 4 is 17.2 Å². The van der Waals surface area contributed by atoms with Crippen molar-refractivity contribution in [3.8, 4) is 10.6 Å². The van der Waals surface area contributed by atoms with Crippen molar-refractivity contribution in [2.75, 3.05) is 0 Å². The number of halogens is 2. The third-order valence-corrected chi connectivity index (χ3v) is 4.56. The van der Waals surface area contributed by atoms with Crippen LogP contribution in [0.25, 0.3) is 10.6 Å². The van der Waals surface area contributed by atoms with E-state index in [0.29, 0.717) is 11.3 Å². The number of pyridine rings is 1. The van der Waals surface area contributed by atoms with Gasteiger partial charge in [0.1, 0.15) is 5.01 Å². The van der Waals surface area contributed by atoms with Crippen LogP contribution in [-0.2, 0) is 11.2 Å². The van der Waals surface area contributed by atoms with E-state index in [-0.39, 0.29) is 12.3 Å². The number of carbonyl (C=O) groups is 1. The van der Waals surface area contributed by atoms with Crippen LogP contribution in [0.1, 0.15) is 24.2 Å². The Labute approximate surface area is 147 Å². The molecule has 7 heteroatoms. The molecule has 1 aromatic carbocycles. The summed E-state index contributed by atoms with van der Waals surface area (Å²) in [7, 11) is 0. The van der Waals surface area contributed by atoms with Crippen molar-refractivity contribution < 1.29 is 13.6 Å². The number of rotatable bonds is 5. The molecule has 0 fully saturated rings. The van der Waals surface area contributed by atoms with E-state index in [0.717, 1.165) is 22.7 Å². The van der Waals surface area contributed by atoms with Gasteiger partial charge in [0, 0.05) is 23.3 Å². The highest BCUT2D eigenvalue weighted by Gasteiger charge is 2.14. The zero-order valence-electron chi connectivity index (χ0n) is 13.4. The lowest BCUT2D eigenvalue weighted by molar-refractivity contribution is -0.121. The maximum atomic E-state index is 13.3. The van der Waals surface area contributed by atoms with Crippen LogP contribution in [0.4, 0.5) is 8.78 Å².